The molecule has 0 saturated carbocycles. The van der Waals surface area contributed by atoms with Gasteiger partial charge in [-0.1, -0.05) is 24.3 Å². The Hall–Kier alpha value is -2.69. The zero-order valence-corrected chi connectivity index (χ0v) is 14.3. The summed E-state index contributed by atoms with van der Waals surface area (Å²) in [7, 11) is 0. The van der Waals surface area contributed by atoms with Crippen LogP contribution in [0.25, 0.3) is 0 Å². The number of fused-ring (bicyclic) bond motifs is 1. The highest BCUT2D eigenvalue weighted by molar-refractivity contribution is 5.95. The van der Waals surface area contributed by atoms with Crippen LogP contribution in [0.1, 0.15) is 51.7 Å². The normalized spacial score (nSPS) is 16.4. The molecule has 1 atom stereocenters. The second kappa shape index (κ2) is 7.92. The Morgan fingerprint density at radius 1 is 1.20 bits per heavy atom. The standard InChI is InChI=1S/C20H22N2O3/c1-2-25-20(24)18-11-10-16(13-21-18)19(23)22-17-9-5-8-14-6-3-4-7-15(14)12-17/h3-4,6-7,10-11,13,17H,2,5,8-9,12H2,1H3,(H,22,23). The number of aromatic nitrogens is 1. The fourth-order valence-electron chi connectivity index (χ4n) is 3.15. The molecule has 25 heavy (non-hydrogen) atoms. The molecule has 5 heteroatoms. The van der Waals surface area contributed by atoms with Gasteiger partial charge < -0.3 is 10.1 Å². The molecule has 1 heterocycles. The smallest absolute Gasteiger partial charge is 0.356 e. The molecule has 3 rings (SSSR count). The number of carbonyl (C=O) groups is 2. The maximum atomic E-state index is 12.5. The number of carbonyl (C=O) groups excluding carboxylic acids is 2. The van der Waals surface area contributed by atoms with Crippen molar-refractivity contribution < 1.29 is 14.3 Å². The third kappa shape index (κ3) is 4.24. The molecule has 1 aliphatic rings. The monoisotopic (exact) mass is 338 g/mol. The van der Waals surface area contributed by atoms with Gasteiger partial charge in [0.2, 0.25) is 0 Å². The molecule has 1 amide bonds. The van der Waals surface area contributed by atoms with Crippen LogP contribution in [0.15, 0.2) is 42.6 Å². The number of pyridine rings is 1. The Morgan fingerprint density at radius 2 is 2.00 bits per heavy atom. The topological polar surface area (TPSA) is 68.3 Å². The minimum atomic E-state index is -0.477. The molecule has 2 aromatic rings. The van der Waals surface area contributed by atoms with Gasteiger partial charge in [-0.15, -0.1) is 0 Å². The van der Waals surface area contributed by atoms with Gasteiger partial charge in [0.15, 0.2) is 0 Å². The lowest BCUT2D eigenvalue weighted by atomic mass is 10.0. The van der Waals surface area contributed by atoms with Crippen molar-refractivity contribution in [2.75, 3.05) is 6.61 Å². The SMILES string of the molecule is CCOC(=O)c1ccc(C(=O)NC2CCCc3ccccc3C2)cn1. The number of benzene rings is 1. The second-order valence-corrected chi connectivity index (χ2v) is 6.19. The summed E-state index contributed by atoms with van der Waals surface area (Å²) in [5.74, 6) is -0.637. The largest absolute Gasteiger partial charge is 0.461 e. The summed E-state index contributed by atoms with van der Waals surface area (Å²) in [6, 6.07) is 11.7. The van der Waals surface area contributed by atoms with Gasteiger partial charge >= 0.3 is 5.97 Å². The molecule has 0 bridgehead atoms. The van der Waals surface area contributed by atoms with Gasteiger partial charge in [0.25, 0.3) is 5.91 Å². The summed E-state index contributed by atoms with van der Waals surface area (Å²) in [5, 5.41) is 3.09. The van der Waals surface area contributed by atoms with Crippen LogP contribution in [0.5, 0.6) is 0 Å². The average Bonchev–Trinajstić information content (AvgIpc) is 2.83. The first-order valence-corrected chi connectivity index (χ1v) is 8.68. The van der Waals surface area contributed by atoms with Crippen LogP contribution in [0.3, 0.4) is 0 Å². The second-order valence-electron chi connectivity index (χ2n) is 6.19. The van der Waals surface area contributed by atoms with Crippen LogP contribution in [-0.4, -0.2) is 29.5 Å². The fourth-order valence-corrected chi connectivity index (χ4v) is 3.15. The van der Waals surface area contributed by atoms with E-state index in [4.69, 9.17) is 4.74 Å². The van der Waals surface area contributed by atoms with Crippen molar-refractivity contribution in [2.24, 2.45) is 0 Å². The molecular weight excluding hydrogens is 316 g/mol. The van der Waals surface area contributed by atoms with Crippen LogP contribution in [0.4, 0.5) is 0 Å². The number of hydrogen-bond donors (Lipinski definition) is 1. The highest BCUT2D eigenvalue weighted by Gasteiger charge is 2.19. The first-order chi connectivity index (χ1) is 12.2. The van der Waals surface area contributed by atoms with E-state index in [9.17, 15) is 9.59 Å². The first kappa shape index (κ1) is 17.1. The molecule has 130 valence electrons. The molecule has 0 spiro atoms. The van der Waals surface area contributed by atoms with Crippen LogP contribution < -0.4 is 5.32 Å². The van der Waals surface area contributed by atoms with E-state index in [1.807, 2.05) is 6.07 Å². The van der Waals surface area contributed by atoms with Crippen molar-refractivity contribution >= 4 is 11.9 Å². The van der Waals surface area contributed by atoms with Crippen LogP contribution >= 0.6 is 0 Å². The number of ether oxygens (including phenoxy) is 1. The summed E-state index contributed by atoms with van der Waals surface area (Å²) in [4.78, 5) is 28.1. The van der Waals surface area contributed by atoms with Gasteiger partial charge in [0, 0.05) is 12.2 Å². The molecule has 5 nitrogen and oxygen atoms in total. The van der Waals surface area contributed by atoms with E-state index in [0.717, 1.165) is 25.7 Å². The van der Waals surface area contributed by atoms with E-state index in [1.165, 1.54) is 23.4 Å². The molecule has 1 aromatic heterocycles. The van der Waals surface area contributed by atoms with Gasteiger partial charge in [0.05, 0.1) is 12.2 Å². The average molecular weight is 338 g/mol. The van der Waals surface area contributed by atoms with Crippen molar-refractivity contribution in [1.29, 1.82) is 0 Å². The molecule has 1 aromatic carbocycles. The molecule has 0 fully saturated rings. The predicted molar refractivity (Wildman–Crippen MR) is 94.5 cm³/mol. The molecule has 1 N–H and O–H groups in total. The summed E-state index contributed by atoms with van der Waals surface area (Å²) in [5.41, 5.74) is 3.34. The summed E-state index contributed by atoms with van der Waals surface area (Å²) >= 11 is 0. The van der Waals surface area contributed by atoms with Crippen molar-refractivity contribution in [2.45, 2.75) is 38.6 Å². The molecule has 0 aliphatic heterocycles. The van der Waals surface area contributed by atoms with Gasteiger partial charge in [-0.3, -0.25) is 4.79 Å². The van der Waals surface area contributed by atoms with Crippen molar-refractivity contribution in [3.63, 3.8) is 0 Å². The lowest BCUT2D eigenvalue weighted by Gasteiger charge is -2.17. The third-order valence-electron chi connectivity index (χ3n) is 4.43. The minimum Gasteiger partial charge on any atom is -0.461 e. The quantitative estimate of drug-likeness (QED) is 0.687. The van der Waals surface area contributed by atoms with Crippen molar-refractivity contribution in [3.8, 4) is 0 Å². The number of hydrogen-bond acceptors (Lipinski definition) is 4. The highest BCUT2D eigenvalue weighted by Crippen LogP contribution is 2.20. The molecular formula is C20H22N2O3. The third-order valence-corrected chi connectivity index (χ3v) is 4.43. The van der Waals surface area contributed by atoms with Crippen molar-refractivity contribution in [1.82, 2.24) is 10.3 Å². The highest BCUT2D eigenvalue weighted by atomic mass is 16.5. The number of rotatable bonds is 4. The van der Waals surface area contributed by atoms with E-state index >= 15 is 0 Å². The Labute approximate surface area is 147 Å². The zero-order valence-electron chi connectivity index (χ0n) is 14.3. The van der Waals surface area contributed by atoms with Gasteiger partial charge in [0.1, 0.15) is 5.69 Å². The number of nitrogens with zero attached hydrogens (tertiary/aromatic N) is 1. The van der Waals surface area contributed by atoms with Crippen LogP contribution in [0.2, 0.25) is 0 Å². The van der Waals surface area contributed by atoms with E-state index in [-0.39, 0.29) is 17.6 Å². The van der Waals surface area contributed by atoms with E-state index in [0.29, 0.717) is 12.2 Å². The van der Waals surface area contributed by atoms with Crippen LogP contribution in [0, 0.1) is 0 Å². The number of esters is 1. The number of nitrogens with one attached hydrogen (secondary N) is 1. The Kier molecular flexibility index (Phi) is 5.43. The van der Waals surface area contributed by atoms with E-state index in [2.05, 4.69) is 28.5 Å². The Bertz CT molecular complexity index is 756. The lowest BCUT2D eigenvalue weighted by Crippen LogP contribution is -2.36. The molecule has 0 saturated heterocycles. The van der Waals surface area contributed by atoms with E-state index in [1.54, 1.807) is 13.0 Å². The summed E-state index contributed by atoms with van der Waals surface area (Å²) in [6.07, 6.45) is 5.33. The zero-order chi connectivity index (χ0) is 17.6. The first-order valence-electron chi connectivity index (χ1n) is 8.68. The van der Waals surface area contributed by atoms with Crippen LogP contribution in [-0.2, 0) is 17.6 Å². The maximum absolute atomic E-state index is 12.5. The summed E-state index contributed by atoms with van der Waals surface area (Å²) in [6.45, 7) is 2.04. The Balaban J connectivity index is 1.65. The van der Waals surface area contributed by atoms with Gasteiger partial charge in [-0.05, 0) is 55.9 Å². The number of amides is 1. The number of aryl methyl sites for hydroxylation is 1. The minimum absolute atomic E-state index is 0.112. The summed E-state index contributed by atoms with van der Waals surface area (Å²) < 4.78 is 4.89. The lowest BCUT2D eigenvalue weighted by molar-refractivity contribution is 0.0519. The Morgan fingerprint density at radius 3 is 2.72 bits per heavy atom. The van der Waals surface area contributed by atoms with Crippen molar-refractivity contribution in [3.05, 3.63) is 65.0 Å². The van der Waals surface area contributed by atoms with Gasteiger partial charge in [-0.25, -0.2) is 9.78 Å². The van der Waals surface area contributed by atoms with E-state index < -0.39 is 5.97 Å². The fraction of sp³-hybridized carbons (Fsp3) is 0.350. The molecule has 0 radical (unpaired) electrons. The van der Waals surface area contributed by atoms with Gasteiger partial charge in [-0.2, -0.15) is 0 Å². The maximum Gasteiger partial charge on any atom is 0.356 e. The molecule has 1 unspecified atom stereocenters. The molecule has 1 aliphatic carbocycles. The predicted octanol–water partition coefficient (Wildman–Crippen LogP) is 2.94.